The number of benzene rings is 1. The molecule has 3 heteroatoms. The normalized spacial score (nSPS) is 11.3. The summed E-state index contributed by atoms with van der Waals surface area (Å²) in [5, 5.41) is 0. The molecule has 88 valence electrons. The summed E-state index contributed by atoms with van der Waals surface area (Å²) in [5.41, 5.74) is 1.83. The molecule has 0 aliphatic heterocycles. The summed E-state index contributed by atoms with van der Waals surface area (Å²) in [6.07, 6.45) is 0.932. The van der Waals surface area contributed by atoms with E-state index in [4.69, 9.17) is 0 Å². The van der Waals surface area contributed by atoms with Crippen molar-refractivity contribution in [1.29, 1.82) is 0 Å². The molecule has 1 aromatic carbocycles. The maximum Gasteiger partial charge on any atom is 0.151 e. The molecule has 1 aromatic rings. The third kappa shape index (κ3) is 3.56. The molecule has 1 rings (SSSR count). The quantitative estimate of drug-likeness (QED) is 0.593. The maximum absolute atomic E-state index is 11.1. The van der Waals surface area contributed by atoms with E-state index in [1.165, 1.54) is 0 Å². The Morgan fingerprint density at radius 3 is 2.31 bits per heavy atom. The van der Waals surface area contributed by atoms with E-state index in [1.54, 1.807) is 11.8 Å². The van der Waals surface area contributed by atoms with Gasteiger partial charge in [0.1, 0.15) is 0 Å². The lowest BCUT2D eigenvalue weighted by atomic mass is 10.2. The van der Waals surface area contributed by atoms with E-state index in [9.17, 15) is 4.79 Å². The zero-order valence-electron chi connectivity index (χ0n) is 10.6. The molecule has 0 aliphatic carbocycles. The first-order chi connectivity index (χ1) is 7.33. The van der Waals surface area contributed by atoms with E-state index in [1.807, 2.05) is 37.2 Å². The summed E-state index contributed by atoms with van der Waals surface area (Å²) in [7, 11) is 3.95. The van der Waals surface area contributed by atoms with Crippen LogP contribution in [-0.2, 0) is 0 Å². The molecule has 0 spiro atoms. The molecule has 0 atom stereocenters. The molecule has 0 saturated carbocycles. The van der Waals surface area contributed by atoms with Crippen molar-refractivity contribution in [1.82, 2.24) is 0 Å². The highest BCUT2D eigenvalue weighted by Gasteiger charge is 2.15. The highest BCUT2D eigenvalue weighted by atomic mass is 32.2. The van der Waals surface area contributed by atoms with Gasteiger partial charge in [-0.05, 0) is 18.2 Å². The number of rotatable bonds is 3. The van der Waals surface area contributed by atoms with Gasteiger partial charge in [-0.2, -0.15) is 0 Å². The van der Waals surface area contributed by atoms with E-state index in [0.717, 1.165) is 22.4 Å². The molecule has 0 aliphatic rings. The summed E-state index contributed by atoms with van der Waals surface area (Å²) in [6.45, 7) is 6.43. The molecule has 16 heavy (non-hydrogen) atoms. The van der Waals surface area contributed by atoms with Crippen molar-refractivity contribution in [3.05, 3.63) is 23.8 Å². The second-order valence-corrected chi connectivity index (χ2v) is 6.82. The number of nitrogens with zero attached hydrogens (tertiary/aromatic N) is 1. The number of thioether (sulfide) groups is 1. The minimum atomic E-state index is 0.122. The minimum absolute atomic E-state index is 0.122. The van der Waals surface area contributed by atoms with Crippen LogP contribution in [0.1, 0.15) is 31.1 Å². The van der Waals surface area contributed by atoms with Crippen molar-refractivity contribution < 1.29 is 4.79 Å². The molecule has 0 N–H and O–H groups in total. The van der Waals surface area contributed by atoms with Crippen LogP contribution in [0.3, 0.4) is 0 Å². The van der Waals surface area contributed by atoms with Crippen molar-refractivity contribution in [2.24, 2.45) is 0 Å². The van der Waals surface area contributed by atoms with E-state index < -0.39 is 0 Å². The standard InChI is InChI=1S/C13H19NOS/c1-13(2,3)16-12-7-6-11(14(4)5)8-10(12)9-15/h6-9H,1-5H3. The Morgan fingerprint density at radius 2 is 1.88 bits per heavy atom. The second-order valence-electron chi connectivity index (χ2n) is 4.95. The number of carbonyl (C=O) groups is 1. The van der Waals surface area contributed by atoms with Gasteiger partial charge in [-0.3, -0.25) is 4.79 Å². The second kappa shape index (κ2) is 4.91. The van der Waals surface area contributed by atoms with Gasteiger partial charge in [-0.15, -0.1) is 11.8 Å². The zero-order chi connectivity index (χ0) is 12.3. The SMILES string of the molecule is CN(C)c1ccc(SC(C)(C)C)c(C=O)c1. The Labute approximate surface area is 102 Å². The highest BCUT2D eigenvalue weighted by molar-refractivity contribution is 8.00. The zero-order valence-corrected chi connectivity index (χ0v) is 11.4. The molecule has 0 heterocycles. The topological polar surface area (TPSA) is 20.3 Å². The van der Waals surface area contributed by atoms with Crippen molar-refractivity contribution >= 4 is 23.7 Å². The third-order valence-corrected chi connectivity index (χ3v) is 3.26. The Balaban J connectivity index is 3.07. The fourth-order valence-corrected chi connectivity index (χ4v) is 2.35. The lowest BCUT2D eigenvalue weighted by Gasteiger charge is -2.20. The smallest absolute Gasteiger partial charge is 0.151 e. The average molecular weight is 237 g/mol. The van der Waals surface area contributed by atoms with Crippen molar-refractivity contribution in [3.8, 4) is 0 Å². The van der Waals surface area contributed by atoms with Gasteiger partial charge in [0, 0.05) is 35.0 Å². The summed E-state index contributed by atoms with van der Waals surface area (Å²) in [6, 6.07) is 6.00. The Bertz CT molecular complexity index is 380. The lowest BCUT2D eigenvalue weighted by Crippen LogP contribution is -2.10. The molecule has 0 saturated heterocycles. The summed E-state index contributed by atoms with van der Waals surface area (Å²) >= 11 is 1.72. The Morgan fingerprint density at radius 1 is 1.25 bits per heavy atom. The van der Waals surface area contributed by atoms with Crippen LogP contribution >= 0.6 is 11.8 Å². The molecule has 0 amide bonds. The molecular formula is C13H19NOS. The van der Waals surface area contributed by atoms with Crippen LogP contribution in [0, 0.1) is 0 Å². The third-order valence-electron chi connectivity index (χ3n) is 2.05. The minimum Gasteiger partial charge on any atom is -0.378 e. The Kier molecular flexibility index (Phi) is 4.03. The van der Waals surface area contributed by atoms with E-state index in [0.29, 0.717) is 0 Å². The van der Waals surface area contributed by atoms with E-state index in [2.05, 4.69) is 20.8 Å². The average Bonchev–Trinajstić information content (AvgIpc) is 2.15. The van der Waals surface area contributed by atoms with Crippen LogP contribution in [-0.4, -0.2) is 25.1 Å². The number of anilines is 1. The van der Waals surface area contributed by atoms with Crippen LogP contribution in [0.15, 0.2) is 23.1 Å². The summed E-state index contributed by atoms with van der Waals surface area (Å²) in [5.74, 6) is 0. The first kappa shape index (κ1) is 13.1. The summed E-state index contributed by atoms with van der Waals surface area (Å²) < 4.78 is 0.122. The number of hydrogen-bond acceptors (Lipinski definition) is 3. The molecule has 0 aromatic heterocycles. The maximum atomic E-state index is 11.1. The van der Waals surface area contributed by atoms with Gasteiger partial charge in [0.05, 0.1) is 0 Å². The van der Waals surface area contributed by atoms with Gasteiger partial charge in [-0.1, -0.05) is 20.8 Å². The van der Waals surface area contributed by atoms with Gasteiger partial charge >= 0.3 is 0 Å². The van der Waals surface area contributed by atoms with Crippen molar-refractivity contribution in [2.45, 2.75) is 30.4 Å². The largest absolute Gasteiger partial charge is 0.378 e. The Hall–Kier alpha value is -0.960. The van der Waals surface area contributed by atoms with Crippen LogP contribution in [0.2, 0.25) is 0 Å². The number of hydrogen-bond donors (Lipinski definition) is 0. The predicted molar refractivity (Wildman–Crippen MR) is 71.8 cm³/mol. The van der Waals surface area contributed by atoms with Crippen LogP contribution in [0.4, 0.5) is 5.69 Å². The fourth-order valence-electron chi connectivity index (χ4n) is 1.33. The monoisotopic (exact) mass is 237 g/mol. The molecule has 0 bridgehead atoms. The van der Waals surface area contributed by atoms with Gasteiger partial charge in [0.15, 0.2) is 6.29 Å². The van der Waals surface area contributed by atoms with Crippen LogP contribution in [0.5, 0.6) is 0 Å². The van der Waals surface area contributed by atoms with Gasteiger partial charge in [0.25, 0.3) is 0 Å². The predicted octanol–water partition coefficient (Wildman–Crippen LogP) is 3.46. The number of aldehydes is 1. The molecule has 0 radical (unpaired) electrons. The van der Waals surface area contributed by atoms with E-state index in [-0.39, 0.29) is 4.75 Å². The molecule has 2 nitrogen and oxygen atoms in total. The number of carbonyl (C=O) groups excluding carboxylic acids is 1. The van der Waals surface area contributed by atoms with E-state index >= 15 is 0 Å². The first-order valence-corrected chi connectivity index (χ1v) is 6.11. The van der Waals surface area contributed by atoms with Crippen molar-refractivity contribution in [3.63, 3.8) is 0 Å². The molecule has 0 fully saturated rings. The molecule has 0 unspecified atom stereocenters. The van der Waals surface area contributed by atoms with Gasteiger partial charge in [-0.25, -0.2) is 0 Å². The van der Waals surface area contributed by atoms with Gasteiger partial charge in [0.2, 0.25) is 0 Å². The summed E-state index contributed by atoms with van der Waals surface area (Å²) in [4.78, 5) is 14.1. The van der Waals surface area contributed by atoms with Crippen LogP contribution in [0.25, 0.3) is 0 Å². The highest BCUT2D eigenvalue weighted by Crippen LogP contribution is 2.34. The first-order valence-electron chi connectivity index (χ1n) is 5.29. The van der Waals surface area contributed by atoms with Crippen LogP contribution < -0.4 is 4.90 Å². The lowest BCUT2D eigenvalue weighted by molar-refractivity contribution is 0.112. The fraction of sp³-hybridized carbons (Fsp3) is 0.462. The van der Waals surface area contributed by atoms with Crippen molar-refractivity contribution in [2.75, 3.05) is 19.0 Å². The van der Waals surface area contributed by atoms with Gasteiger partial charge < -0.3 is 4.90 Å². The molecular weight excluding hydrogens is 218 g/mol.